The van der Waals surface area contributed by atoms with Crippen molar-refractivity contribution >= 4 is 5.97 Å². The number of fused-ring (bicyclic) bond motifs is 4. The van der Waals surface area contributed by atoms with Crippen LogP contribution in [0.5, 0.6) is 0 Å². The molecule has 2 nitrogen and oxygen atoms in total. The van der Waals surface area contributed by atoms with E-state index in [1.54, 1.807) is 0 Å². The third kappa shape index (κ3) is 1.65. The van der Waals surface area contributed by atoms with Crippen LogP contribution in [-0.2, 0) is 9.53 Å². The van der Waals surface area contributed by atoms with E-state index in [0.717, 1.165) is 12.3 Å². The van der Waals surface area contributed by atoms with E-state index >= 15 is 0 Å². The van der Waals surface area contributed by atoms with Crippen molar-refractivity contribution in [1.29, 1.82) is 0 Å². The van der Waals surface area contributed by atoms with Crippen molar-refractivity contribution in [2.45, 2.75) is 25.7 Å². The first-order valence-electron chi connectivity index (χ1n) is 7.33. The molecule has 18 heavy (non-hydrogen) atoms. The predicted octanol–water partition coefficient (Wildman–Crippen LogP) is 2.95. The number of rotatable bonds is 3. The van der Waals surface area contributed by atoms with E-state index in [9.17, 15) is 4.79 Å². The Morgan fingerprint density at radius 2 is 1.67 bits per heavy atom. The maximum Gasteiger partial charge on any atom is 0.309 e. The molecule has 0 heterocycles. The first-order chi connectivity index (χ1) is 8.79. The zero-order valence-electron chi connectivity index (χ0n) is 10.6. The van der Waals surface area contributed by atoms with Crippen molar-refractivity contribution in [2.75, 3.05) is 6.61 Å². The van der Waals surface area contributed by atoms with Gasteiger partial charge in [0, 0.05) is 0 Å². The largest absolute Gasteiger partial charge is 0.465 e. The third-order valence-electron chi connectivity index (χ3n) is 5.44. The number of esters is 1. The summed E-state index contributed by atoms with van der Waals surface area (Å²) < 4.78 is 5.61. The van der Waals surface area contributed by atoms with E-state index in [0.29, 0.717) is 30.3 Å². The lowest BCUT2D eigenvalue weighted by molar-refractivity contribution is -0.151. The van der Waals surface area contributed by atoms with E-state index < -0.39 is 0 Å². The van der Waals surface area contributed by atoms with Gasteiger partial charge in [0.25, 0.3) is 0 Å². The highest BCUT2D eigenvalue weighted by Crippen LogP contribution is 2.45. The second-order valence-electron chi connectivity index (χ2n) is 6.56. The van der Waals surface area contributed by atoms with Gasteiger partial charge in [-0.3, -0.25) is 4.79 Å². The first-order valence-corrected chi connectivity index (χ1v) is 7.33. The highest BCUT2D eigenvalue weighted by molar-refractivity contribution is 5.74. The van der Waals surface area contributed by atoms with E-state index in [-0.39, 0.29) is 11.9 Å². The van der Waals surface area contributed by atoms with Crippen LogP contribution in [0.1, 0.15) is 25.7 Å². The van der Waals surface area contributed by atoms with E-state index in [1.165, 1.54) is 19.3 Å². The minimum Gasteiger partial charge on any atom is -0.465 e. The molecule has 4 rings (SSSR count). The van der Waals surface area contributed by atoms with Crippen LogP contribution in [0.3, 0.4) is 0 Å². The Morgan fingerprint density at radius 1 is 0.944 bits per heavy atom. The van der Waals surface area contributed by atoms with Gasteiger partial charge in [-0.25, -0.2) is 0 Å². The van der Waals surface area contributed by atoms with Gasteiger partial charge >= 0.3 is 5.97 Å². The third-order valence-corrected chi connectivity index (χ3v) is 5.44. The second kappa shape index (κ2) is 3.97. The van der Waals surface area contributed by atoms with Crippen molar-refractivity contribution in [3.8, 4) is 0 Å². The monoisotopic (exact) mass is 244 g/mol. The van der Waals surface area contributed by atoms with Crippen LogP contribution in [0.4, 0.5) is 0 Å². The topological polar surface area (TPSA) is 26.3 Å². The molecule has 96 valence electrons. The van der Waals surface area contributed by atoms with Gasteiger partial charge in [-0.05, 0) is 55.3 Å². The fourth-order valence-corrected chi connectivity index (χ4v) is 4.43. The molecule has 4 bridgehead atoms. The normalized spacial score (nSPS) is 47.1. The summed E-state index contributed by atoms with van der Waals surface area (Å²) in [6.45, 7) is 0.655. The molecule has 6 atom stereocenters. The molecule has 0 aromatic rings. The van der Waals surface area contributed by atoms with Crippen LogP contribution in [0, 0.1) is 35.5 Å². The molecular weight excluding hydrogens is 224 g/mol. The lowest BCUT2D eigenvalue weighted by atomic mass is 9.93. The molecule has 0 radical (unpaired) electrons. The Bertz CT molecular complexity index is 423. The van der Waals surface area contributed by atoms with Crippen molar-refractivity contribution < 1.29 is 9.53 Å². The van der Waals surface area contributed by atoms with Gasteiger partial charge in [-0.1, -0.05) is 24.3 Å². The highest BCUT2D eigenvalue weighted by atomic mass is 16.5. The van der Waals surface area contributed by atoms with Gasteiger partial charge in [0.2, 0.25) is 0 Å². The van der Waals surface area contributed by atoms with Crippen LogP contribution in [0.25, 0.3) is 0 Å². The standard InChI is InChI=1S/C16H20O2/c17-16(15-8-11-2-4-13(15)6-11)18-9-14-7-10-1-3-12(14)5-10/h1-4,10-15H,5-9H2/t10-,11-,12-,13-,14+,15+/m0/s1. The summed E-state index contributed by atoms with van der Waals surface area (Å²) in [4.78, 5) is 12.1. The van der Waals surface area contributed by atoms with Crippen LogP contribution in [-0.4, -0.2) is 12.6 Å². The zero-order valence-corrected chi connectivity index (χ0v) is 10.6. The Morgan fingerprint density at radius 3 is 2.22 bits per heavy atom. The molecule has 0 amide bonds. The number of ether oxygens (including phenoxy) is 1. The number of hydrogen-bond donors (Lipinski definition) is 0. The molecule has 0 aromatic heterocycles. The Balaban J connectivity index is 1.32. The molecule has 4 aliphatic rings. The van der Waals surface area contributed by atoms with Gasteiger partial charge in [0.1, 0.15) is 0 Å². The van der Waals surface area contributed by atoms with Crippen molar-refractivity contribution in [2.24, 2.45) is 35.5 Å². The SMILES string of the molecule is O=C(OC[C@H]1C[C@H]2C=C[C@H]1C2)[C@@H]1C[C@H]2C=C[C@H]1C2. The fraction of sp³-hybridized carbons (Fsp3) is 0.688. The maximum atomic E-state index is 12.1. The van der Waals surface area contributed by atoms with Crippen molar-refractivity contribution in [3.63, 3.8) is 0 Å². The van der Waals surface area contributed by atoms with Crippen LogP contribution in [0.2, 0.25) is 0 Å². The minimum absolute atomic E-state index is 0.0682. The summed E-state index contributed by atoms with van der Waals surface area (Å²) in [5, 5.41) is 0. The zero-order chi connectivity index (χ0) is 12.1. The molecule has 0 spiro atoms. The molecule has 2 saturated carbocycles. The quantitative estimate of drug-likeness (QED) is 0.563. The van der Waals surface area contributed by atoms with E-state index in [2.05, 4.69) is 24.3 Å². The summed E-state index contributed by atoms with van der Waals surface area (Å²) in [6.07, 6.45) is 13.9. The summed E-state index contributed by atoms with van der Waals surface area (Å²) in [6, 6.07) is 0. The highest BCUT2D eigenvalue weighted by Gasteiger charge is 2.42. The number of carbonyl (C=O) groups is 1. The number of allylic oxidation sites excluding steroid dienone is 4. The van der Waals surface area contributed by atoms with Crippen molar-refractivity contribution in [3.05, 3.63) is 24.3 Å². The van der Waals surface area contributed by atoms with E-state index in [4.69, 9.17) is 4.74 Å². The molecule has 0 saturated heterocycles. The van der Waals surface area contributed by atoms with Gasteiger partial charge < -0.3 is 4.74 Å². The van der Waals surface area contributed by atoms with Crippen LogP contribution < -0.4 is 0 Å². The molecule has 0 aromatic carbocycles. The second-order valence-corrected chi connectivity index (χ2v) is 6.56. The summed E-state index contributed by atoms with van der Waals surface area (Å²) in [5.41, 5.74) is 0. The lowest BCUT2D eigenvalue weighted by Gasteiger charge is -2.21. The van der Waals surface area contributed by atoms with Gasteiger partial charge in [0.05, 0.1) is 12.5 Å². The lowest BCUT2D eigenvalue weighted by Crippen LogP contribution is -2.25. The van der Waals surface area contributed by atoms with Gasteiger partial charge in [-0.15, -0.1) is 0 Å². The van der Waals surface area contributed by atoms with Gasteiger partial charge in [-0.2, -0.15) is 0 Å². The summed E-state index contributed by atoms with van der Waals surface area (Å²) in [5.74, 6) is 3.40. The van der Waals surface area contributed by atoms with Crippen LogP contribution in [0.15, 0.2) is 24.3 Å². The van der Waals surface area contributed by atoms with E-state index in [1.807, 2.05) is 0 Å². The molecule has 0 unspecified atom stereocenters. The Hall–Kier alpha value is -1.05. The first kappa shape index (κ1) is 10.8. The Kier molecular flexibility index (Phi) is 2.39. The number of carbonyl (C=O) groups excluding carboxylic acids is 1. The molecule has 4 aliphatic carbocycles. The average Bonchev–Trinajstić information content (AvgIpc) is 3.13. The smallest absolute Gasteiger partial charge is 0.309 e. The minimum atomic E-state index is 0.0682. The summed E-state index contributed by atoms with van der Waals surface area (Å²) >= 11 is 0. The molecule has 0 N–H and O–H groups in total. The average molecular weight is 244 g/mol. The molecule has 2 heteroatoms. The van der Waals surface area contributed by atoms with Crippen LogP contribution >= 0.6 is 0 Å². The number of hydrogen-bond acceptors (Lipinski definition) is 2. The predicted molar refractivity (Wildman–Crippen MR) is 68.6 cm³/mol. The maximum absolute atomic E-state index is 12.1. The molecule has 0 aliphatic heterocycles. The Labute approximate surface area is 108 Å². The molecule has 2 fully saturated rings. The molecular formula is C16H20O2. The van der Waals surface area contributed by atoms with Gasteiger partial charge in [0.15, 0.2) is 0 Å². The fourth-order valence-electron chi connectivity index (χ4n) is 4.43. The van der Waals surface area contributed by atoms with Crippen molar-refractivity contribution in [1.82, 2.24) is 0 Å². The summed E-state index contributed by atoms with van der Waals surface area (Å²) in [7, 11) is 0.